The molecule has 0 aliphatic rings. The predicted molar refractivity (Wildman–Crippen MR) is 44.5 cm³/mol. The lowest BCUT2D eigenvalue weighted by Gasteiger charge is -1.97. The molecule has 1 rings (SSSR count). The molecule has 1 aromatic rings. The summed E-state index contributed by atoms with van der Waals surface area (Å²) in [7, 11) is 0. The van der Waals surface area contributed by atoms with E-state index < -0.39 is 12.0 Å². The van der Waals surface area contributed by atoms with E-state index in [1.165, 1.54) is 6.07 Å². The number of carbonyl (C=O) groups is 2. The quantitative estimate of drug-likeness (QED) is 0.641. The van der Waals surface area contributed by atoms with E-state index in [4.69, 9.17) is 10.8 Å². The molecule has 0 fully saturated rings. The first kappa shape index (κ1) is 8.54. The molecule has 0 saturated heterocycles. The summed E-state index contributed by atoms with van der Waals surface area (Å²) in [6.07, 6.45) is -1.21. The van der Waals surface area contributed by atoms with Gasteiger partial charge >= 0.3 is 6.09 Å². The molecule has 0 unspecified atom stereocenters. The van der Waals surface area contributed by atoms with E-state index in [2.05, 4.69) is 5.32 Å². The predicted octanol–water partition coefficient (Wildman–Crippen LogP) is 0.937. The zero-order valence-electron chi connectivity index (χ0n) is 5.90. The Bertz CT molecular complexity index is 320. The Balaban J connectivity index is 2.91. The van der Waals surface area contributed by atoms with E-state index in [-0.39, 0.29) is 10.6 Å². The number of nitrogens with one attached hydrogen (secondary N) is 1. The monoisotopic (exact) mass is 186 g/mol. The van der Waals surface area contributed by atoms with Gasteiger partial charge in [0.15, 0.2) is 0 Å². The lowest BCUT2D eigenvalue weighted by molar-refractivity contribution is 0.100. The molecule has 0 aliphatic carbocycles. The van der Waals surface area contributed by atoms with Gasteiger partial charge in [-0.2, -0.15) is 0 Å². The van der Waals surface area contributed by atoms with Crippen LogP contribution in [0.1, 0.15) is 10.4 Å². The van der Waals surface area contributed by atoms with E-state index in [0.29, 0.717) is 0 Å². The maximum absolute atomic E-state index is 10.7. The summed E-state index contributed by atoms with van der Waals surface area (Å²) >= 11 is 1.11. The second-order valence-corrected chi connectivity index (χ2v) is 2.87. The number of anilines is 1. The Morgan fingerprint density at radius 3 is 2.75 bits per heavy atom. The molecule has 64 valence electrons. The van der Waals surface area contributed by atoms with Crippen molar-refractivity contribution in [2.45, 2.75) is 0 Å². The molecule has 0 spiro atoms. The molecular weight excluding hydrogens is 180 g/mol. The van der Waals surface area contributed by atoms with Crippen LogP contribution in [0.5, 0.6) is 0 Å². The van der Waals surface area contributed by atoms with Gasteiger partial charge in [-0.3, -0.25) is 10.1 Å². The maximum atomic E-state index is 10.7. The van der Waals surface area contributed by atoms with Crippen LogP contribution < -0.4 is 11.1 Å². The highest BCUT2D eigenvalue weighted by Gasteiger charge is 2.10. The third-order valence-electron chi connectivity index (χ3n) is 1.15. The Kier molecular flexibility index (Phi) is 2.29. The fourth-order valence-electron chi connectivity index (χ4n) is 0.697. The van der Waals surface area contributed by atoms with E-state index in [1.54, 1.807) is 5.38 Å². The van der Waals surface area contributed by atoms with Gasteiger partial charge < -0.3 is 10.8 Å². The zero-order chi connectivity index (χ0) is 9.14. The molecule has 0 aliphatic heterocycles. The molecule has 4 N–H and O–H groups in total. The van der Waals surface area contributed by atoms with E-state index in [1.807, 2.05) is 0 Å². The number of nitrogens with two attached hydrogens (primary N) is 1. The van der Waals surface area contributed by atoms with Crippen molar-refractivity contribution in [2.24, 2.45) is 5.73 Å². The Labute approximate surface area is 71.8 Å². The summed E-state index contributed by atoms with van der Waals surface area (Å²) in [4.78, 5) is 20.8. The third kappa shape index (κ3) is 1.73. The van der Waals surface area contributed by atoms with E-state index in [0.717, 1.165) is 11.3 Å². The molecule has 1 aromatic heterocycles. The van der Waals surface area contributed by atoms with Crippen LogP contribution in [-0.4, -0.2) is 17.1 Å². The largest absolute Gasteiger partial charge is 0.465 e. The second-order valence-electron chi connectivity index (χ2n) is 1.96. The molecule has 6 heteroatoms. The maximum Gasteiger partial charge on any atom is 0.409 e. The molecule has 0 bridgehead atoms. The van der Waals surface area contributed by atoms with Crippen LogP contribution in [0.4, 0.5) is 9.80 Å². The Morgan fingerprint density at radius 1 is 1.58 bits per heavy atom. The molecule has 0 aromatic carbocycles. The fraction of sp³-hybridized carbons (Fsp3) is 0. The van der Waals surface area contributed by atoms with Gasteiger partial charge in [0.05, 0.1) is 5.56 Å². The van der Waals surface area contributed by atoms with Crippen molar-refractivity contribution < 1.29 is 14.7 Å². The van der Waals surface area contributed by atoms with Gasteiger partial charge in [-0.25, -0.2) is 4.79 Å². The summed E-state index contributed by atoms with van der Waals surface area (Å²) in [6, 6.07) is 1.47. The smallest absolute Gasteiger partial charge is 0.409 e. The molecule has 5 nitrogen and oxygen atoms in total. The van der Waals surface area contributed by atoms with Crippen molar-refractivity contribution in [3.63, 3.8) is 0 Å². The normalized spacial score (nSPS) is 9.33. The molecule has 0 saturated carbocycles. The summed E-state index contributed by atoms with van der Waals surface area (Å²) in [5.74, 6) is -0.639. The first-order valence-electron chi connectivity index (χ1n) is 2.98. The molecule has 1 heterocycles. The average molecular weight is 186 g/mol. The summed E-state index contributed by atoms with van der Waals surface area (Å²) < 4.78 is 0. The van der Waals surface area contributed by atoms with Gasteiger partial charge in [-0.1, -0.05) is 0 Å². The number of hydrogen-bond donors (Lipinski definition) is 3. The molecule has 0 atom stereocenters. The van der Waals surface area contributed by atoms with Crippen molar-refractivity contribution in [1.29, 1.82) is 0 Å². The van der Waals surface area contributed by atoms with Crippen molar-refractivity contribution in [1.82, 2.24) is 0 Å². The SMILES string of the molecule is NC(=O)c1ccsc1NC(=O)O. The molecular formula is C6H6N2O3S. The average Bonchev–Trinajstić information content (AvgIpc) is 2.33. The van der Waals surface area contributed by atoms with Gasteiger partial charge in [0, 0.05) is 0 Å². The third-order valence-corrected chi connectivity index (χ3v) is 1.98. The summed E-state index contributed by atoms with van der Waals surface area (Å²) in [6.45, 7) is 0. The van der Waals surface area contributed by atoms with Crippen LogP contribution in [0.2, 0.25) is 0 Å². The topological polar surface area (TPSA) is 92.4 Å². The van der Waals surface area contributed by atoms with Crippen molar-refractivity contribution in [3.8, 4) is 0 Å². The summed E-state index contributed by atoms with van der Waals surface area (Å²) in [5.41, 5.74) is 5.17. The number of thiophene rings is 1. The van der Waals surface area contributed by atoms with Gasteiger partial charge in [-0.05, 0) is 11.4 Å². The fourth-order valence-corrected chi connectivity index (χ4v) is 1.48. The lowest BCUT2D eigenvalue weighted by Crippen LogP contribution is -2.14. The number of carbonyl (C=O) groups excluding carboxylic acids is 1. The minimum absolute atomic E-state index is 0.197. The van der Waals surface area contributed by atoms with Gasteiger partial charge in [0.25, 0.3) is 5.91 Å². The summed E-state index contributed by atoms with van der Waals surface area (Å²) in [5, 5.41) is 12.3. The minimum Gasteiger partial charge on any atom is -0.465 e. The van der Waals surface area contributed by atoms with Crippen molar-refractivity contribution in [2.75, 3.05) is 5.32 Å². The number of carboxylic acid groups (broad SMARTS) is 1. The molecule has 12 heavy (non-hydrogen) atoms. The van der Waals surface area contributed by atoms with Crippen LogP contribution in [-0.2, 0) is 0 Å². The zero-order valence-corrected chi connectivity index (χ0v) is 6.72. The Morgan fingerprint density at radius 2 is 2.25 bits per heavy atom. The van der Waals surface area contributed by atoms with Crippen LogP contribution in [0.3, 0.4) is 0 Å². The molecule has 2 amide bonds. The van der Waals surface area contributed by atoms with Gasteiger partial charge in [-0.15, -0.1) is 11.3 Å². The van der Waals surface area contributed by atoms with Crippen LogP contribution in [0.25, 0.3) is 0 Å². The standard InChI is InChI=1S/C6H6N2O3S/c7-4(9)3-1-2-12-5(3)8-6(10)11/h1-2,8H,(H2,7,9)(H,10,11). The van der Waals surface area contributed by atoms with Crippen molar-refractivity contribution >= 4 is 28.3 Å². The highest BCUT2D eigenvalue weighted by atomic mass is 32.1. The lowest BCUT2D eigenvalue weighted by atomic mass is 10.3. The highest BCUT2D eigenvalue weighted by molar-refractivity contribution is 7.14. The van der Waals surface area contributed by atoms with Crippen LogP contribution >= 0.6 is 11.3 Å². The Hall–Kier alpha value is -1.56. The first-order chi connectivity index (χ1) is 5.61. The molecule has 0 radical (unpaired) electrons. The van der Waals surface area contributed by atoms with Gasteiger partial charge in [0.1, 0.15) is 5.00 Å². The highest BCUT2D eigenvalue weighted by Crippen LogP contribution is 2.22. The minimum atomic E-state index is -1.21. The van der Waals surface area contributed by atoms with Crippen molar-refractivity contribution in [3.05, 3.63) is 17.0 Å². The van der Waals surface area contributed by atoms with Crippen LogP contribution in [0.15, 0.2) is 11.4 Å². The number of hydrogen-bond acceptors (Lipinski definition) is 3. The second kappa shape index (κ2) is 3.22. The first-order valence-corrected chi connectivity index (χ1v) is 3.86. The van der Waals surface area contributed by atoms with Gasteiger partial charge in [0.2, 0.25) is 0 Å². The number of amides is 2. The van der Waals surface area contributed by atoms with Crippen LogP contribution in [0, 0.1) is 0 Å². The number of primary amides is 1. The number of rotatable bonds is 2. The van der Waals surface area contributed by atoms with E-state index in [9.17, 15) is 9.59 Å². The van der Waals surface area contributed by atoms with E-state index >= 15 is 0 Å².